The minimum atomic E-state index is -0.444. The summed E-state index contributed by atoms with van der Waals surface area (Å²) < 4.78 is 0.953. The quantitative estimate of drug-likeness (QED) is 0.788. The minimum Gasteiger partial charge on any atom is -0.327 e. The van der Waals surface area contributed by atoms with Gasteiger partial charge in [0, 0.05) is 17.2 Å². The van der Waals surface area contributed by atoms with Crippen molar-refractivity contribution in [1.82, 2.24) is 10.2 Å². The molecule has 27 heavy (non-hydrogen) atoms. The zero-order chi connectivity index (χ0) is 19.3. The average molecular weight is 426 g/mol. The summed E-state index contributed by atoms with van der Waals surface area (Å²) in [7, 11) is 1.71. The molecule has 0 bridgehead atoms. The maximum Gasteiger partial charge on any atom is 0.322 e. The summed E-state index contributed by atoms with van der Waals surface area (Å²) in [6.07, 6.45) is 0. The van der Waals surface area contributed by atoms with Crippen LogP contribution in [0.5, 0.6) is 0 Å². The van der Waals surface area contributed by atoms with Gasteiger partial charge < -0.3 is 10.2 Å². The van der Waals surface area contributed by atoms with E-state index in [2.05, 4.69) is 21.2 Å². The lowest BCUT2D eigenvalue weighted by molar-refractivity contribution is -0.114. The van der Waals surface area contributed by atoms with Gasteiger partial charge in [-0.05, 0) is 54.8 Å². The number of aryl methyl sites for hydroxylation is 2. The Bertz CT molecular complexity index is 981. The molecule has 4 rings (SSSR count). The summed E-state index contributed by atoms with van der Waals surface area (Å²) in [5, 5.41) is 2.96. The number of likely N-dealkylation sites (N-methyl/N-ethyl adjacent to an activating group) is 1. The lowest BCUT2D eigenvalue weighted by Crippen LogP contribution is -2.45. The molecule has 0 saturated heterocycles. The maximum atomic E-state index is 13.3. The van der Waals surface area contributed by atoms with E-state index in [0.717, 1.165) is 27.0 Å². The molecule has 0 spiro atoms. The summed E-state index contributed by atoms with van der Waals surface area (Å²) in [5.74, 6) is -0.0620. The number of hydrogen-bond donors (Lipinski definition) is 1. The van der Waals surface area contributed by atoms with Gasteiger partial charge in [0.15, 0.2) is 0 Å². The van der Waals surface area contributed by atoms with Crippen LogP contribution in [0.25, 0.3) is 0 Å². The summed E-state index contributed by atoms with van der Waals surface area (Å²) in [6, 6.07) is 13.1. The topological polar surface area (TPSA) is 52.7 Å². The number of halogens is 1. The van der Waals surface area contributed by atoms with Crippen LogP contribution < -0.4 is 10.2 Å². The van der Waals surface area contributed by atoms with E-state index in [1.807, 2.05) is 56.3 Å². The maximum absolute atomic E-state index is 13.3. The van der Waals surface area contributed by atoms with Crippen LogP contribution >= 0.6 is 15.9 Å². The Kier molecular flexibility index (Phi) is 4.30. The molecule has 138 valence electrons. The molecule has 5 nitrogen and oxygen atoms in total. The second-order valence-electron chi connectivity index (χ2n) is 7.01. The first kappa shape index (κ1) is 17.8. The van der Waals surface area contributed by atoms with Gasteiger partial charge in [0.2, 0.25) is 0 Å². The van der Waals surface area contributed by atoms with E-state index in [1.54, 1.807) is 16.8 Å². The molecule has 3 amide bonds. The van der Waals surface area contributed by atoms with Crippen LogP contribution in [0, 0.1) is 13.8 Å². The van der Waals surface area contributed by atoms with Crippen LogP contribution in [0.4, 0.5) is 10.5 Å². The van der Waals surface area contributed by atoms with Crippen molar-refractivity contribution < 1.29 is 9.59 Å². The van der Waals surface area contributed by atoms with E-state index in [1.165, 1.54) is 5.56 Å². The average Bonchev–Trinajstić information content (AvgIpc) is 2.99. The number of anilines is 1. The van der Waals surface area contributed by atoms with Gasteiger partial charge in [0.05, 0.1) is 23.9 Å². The van der Waals surface area contributed by atoms with Gasteiger partial charge in [-0.15, -0.1) is 0 Å². The fourth-order valence-corrected chi connectivity index (χ4v) is 3.84. The van der Waals surface area contributed by atoms with Crippen molar-refractivity contribution in [3.05, 3.63) is 74.9 Å². The van der Waals surface area contributed by atoms with E-state index >= 15 is 0 Å². The van der Waals surface area contributed by atoms with Gasteiger partial charge in [-0.2, -0.15) is 0 Å². The fourth-order valence-electron chi connectivity index (χ4n) is 3.57. The number of hydrogen-bond acceptors (Lipinski definition) is 2. The van der Waals surface area contributed by atoms with Gasteiger partial charge >= 0.3 is 6.03 Å². The lowest BCUT2D eigenvalue weighted by atomic mass is 9.96. The standard InChI is InChI=1S/C21H20BrN3O2/c1-12-4-9-16(10-13(12)2)25-11-17-18(20(25)26)19(23-21(27)24(17)3)14-5-7-15(22)8-6-14/h4-10,19H,11H2,1-3H3,(H,23,27)/t19-/m1/s1. The summed E-state index contributed by atoms with van der Waals surface area (Å²) in [5.41, 5.74) is 5.46. The van der Waals surface area contributed by atoms with Crippen molar-refractivity contribution in [2.75, 3.05) is 18.5 Å². The third kappa shape index (κ3) is 2.94. The second-order valence-corrected chi connectivity index (χ2v) is 7.93. The van der Waals surface area contributed by atoms with E-state index in [-0.39, 0.29) is 11.9 Å². The van der Waals surface area contributed by atoms with Crippen LogP contribution in [-0.4, -0.2) is 30.4 Å². The zero-order valence-corrected chi connectivity index (χ0v) is 17.0. The van der Waals surface area contributed by atoms with E-state index in [0.29, 0.717) is 12.1 Å². The molecule has 0 radical (unpaired) electrons. The van der Waals surface area contributed by atoms with Gasteiger partial charge in [-0.25, -0.2) is 4.79 Å². The van der Waals surface area contributed by atoms with Crippen LogP contribution in [0.3, 0.4) is 0 Å². The zero-order valence-electron chi connectivity index (χ0n) is 15.4. The molecule has 0 aromatic heterocycles. The molecule has 0 fully saturated rings. The van der Waals surface area contributed by atoms with E-state index < -0.39 is 6.04 Å². The Morgan fingerprint density at radius 1 is 1.04 bits per heavy atom. The lowest BCUT2D eigenvalue weighted by Gasteiger charge is -2.31. The number of rotatable bonds is 2. The molecule has 2 aromatic carbocycles. The highest BCUT2D eigenvalue weighted by molar-refractivity contribution is 9.10. The van der Waals surface area contributed by atoms with E-state index in [9.17, 15) is 9.59 Å². The van der Waals surface area contributed by atoms with Crippen molar-refractivity contribution in [3.8, 4) is 0 Å². The highest BCUT2D eigenvalue weighted by atomic mass is 79.9. The van der Waals surface area contributed by atoms with Crippen LogP contribution in [0.1, 0.15) is 22.7 Å². The molecule has 0 saturated carbocycles. The van der Waals surface area contributed by atoms with E-state index in [4.69, 9.17) is 0 Å². The molecule has 1 atom stereocenters. The monoisotopic (exact) mass is 425 g/mol. The molecule has 0 unspecified atom stereocenters. The van der Waals surface area contributed by atoms with Crippen molar-refractivity contribution >= 4 is 33.6 Å². The Morgan fingerprint density at radius 2 is 1.74 bits per heavy atom. The minimum absolute atomic E-state index is 0.0620. The molecule has 2 heterocycles. The third-order valence-electron chi connectivity index (χ3n) is 5.37. The normalized spacial score (nSPS) is 19.5. The number of amides is 3. The first-order valence-corrected chi connectivity index (χ1v) is 9.58. The number of nitrogens with zero attached hydrogens (tertiary/aromatic N) is 2. The molecular weight excluding hydrogens is 406 g/mol. The number of carbonyl (C=O) groups is 2. The molecule has 2 aliphatic rings. The first-order chi connectivity index (χ1) is 12.9. The highest BCUT2D eigenvalue weighted by Crippen LogP contribution is 2.38. The molecule has 1 N–H and O–H groups in total. The number of carbonyl (C=O) groups excluding carboxylic acids is 2. The molecule has 2 aromatic rings. The Balaban J connectivity index is 1.76. The number of urea groups is 1. The highest BCUT2D eigenvalue weighted by Gasteiger charge is 2.43. The van der Waals surface area contributed by atoms with Crippen molar-refractivity contribution in [2.24, 2.45) is 0 Å². The van der Waals surface area contributed by atoms with Crippen LogP contribution in [0.15, 0.2) is 58.2 Å². The largest absolute Gasteiger partial charge is 0.327 e. The molecular formula is C21H20BrN3O2. The number of benzene rings is 2. The SMILES string of the molecule is Cc1ccc(N2CC3=C(C2=O)[C@@H](c2ccc(Br)cc2)NC(=O)N3C)cc1C. The molecule has 0 aliphatic carbocycles. The van der Waals surface area contributed by atoms with Crippen LogP contribution in [-0.2, 0) is 4.79 Å². The predicted molar refractivity (Wildman–Crippen MR) is 108 cm³/mol. The van der Waals surface area contributed by atoms with Crippen molar-refractivity contribution in [1.29, 1.82) is 0 Å². The van der Waals surface area contributed by atoms with Gasteiger partial charge in [0.25, 0.3) is 5.91 Å². The summed E-state index contributed by atoms with van der Waals surface area (Å²) in [6.45, 7) is 4.48. The van der Waals surface area contributed by atoms with Gasteiger partial charge in [0.1, 0.15) is 0 Å². The second kappa shape index (κ2) is 6.53. The van der Waals surface area contributed by atoms with Gasteiger partial charge in [-0.1, -0.05) is 34.1 Å². The fraction of sp³-hybridized carbons (Fsp3) is 0.238. The summed E-state index contributed by atoms with van der Waals surface area (Å²) in [4.78, 5) is 29.1. The van der Waals surface area contributed by atoms with Crippen molar-refractivity contribution in [3.63, 3.8) is 0 Å². The Labute approximate surface area is 166 Å². The first-order valence-electron chi connectivity index (χ1n) is 8.78. The Morgan fingerprint density at radius 3 is 2.41 bits per heavy atom. The third-order valence-corrected chi connectivity index (χ3v) is 5.89. The van der Waals surface area contributed by atoms with Gasteiger partial charge in [-0.3, -0.25) is 9.69 Å². The predicted octanol–water partition coefficient (Wildman–Crippen LogP) is 4.06. The Hall–Kier alpha value is -2.60. The number of nitrogens with one attached hydrogen (secondary N) is 1. The molecule has 2 aliphatic heterocycles. The molecule has 6 heteroatoms. The smallest absolute Gasteiger partial charge is 0.322 e. The summed E-state index contributed by atoms with van der Waals surface area (Å²) >= 11 is 3.43. The van der Waals surface area contributed by atoms with Crippen molar-refractivity contribution in [2.45, 2.75) is 19.9 Å². The van der Waals surface area contributed by atoms with Crippen LogP contribution in [0.2, 0.25) is 0 Å².